The van der Waals surface area contributed by atoms with Crippen LogP contribution in [0.25, 0.3) is 0 Å². The van der Waals surface area contributed by atoms with Gasteiger partial charge in [-0.25, -0.2) is 3.11 Å². The van der Waals surface area contributed by atoms with Crippen LogP contribution < -0.4 is 0 Å². The van der Waals surface area contributed by atoms with Crippen LogP contribution in [-0.4, -0.2) is 39.6 Å². The van der Waals surface area contributed by atoms with Crippen molar-refractivity contribution in [2.24, 2.45) is 0 Å². The monoisotopic (exact) mass is 228 g/mol. The van der Waals surface area contributed by atoms with Crippen molar-refractivity contribution in [3.63, 3.8) is 0 Å². The molecular weight excluding hydrogens is 219 g/mol. The fourth-order valence-electron chi connectivity index (χ4n) is 0.698. The molecule has 0 bridgehead atoms. The maximum Gasteiger partial charge on any atom is 0.173 e. The SMILES string of the molecule is CN1CCN(I)C1O. The predicted octanol–water partition coefficient (Wildman–Crippen LogP) is -0.140. The average molecular weight is 228 g/mol. The topological polar surface area (TPSA) is 26.7 Å². The summed E-state index contributed by atoms with van der Waals surface area (Å²) in [6, 6.07) is 0. The Bertz CT molecular complexity index is 80.1. The molecule has 1 fully saturated rings. The zero-order chi connectivity index (χ0) is 6.15. The molecule has 4 heteroatoms. The summed E-state index contributed by atoms with van der Waals surface area (Å²) in [5, 5.41) is 9.11. The summed E-state index contributed by atoms with van der Waals surface area (Å²) in [6.45, 7) is 1.92. The number of likely N-dealkylation sites (N-methyl/N-ethyl adjacent to an activating group) is 1. The number of halogens is 1. The third-order valence-electron chi connectivity index (χ3n) is 1.31. The van der Waals surface area contributed by atoms with E-state index in [1.807, 2.05) is 15.1 Å². The average Bonchev–Trinajstić information content (AvgIpc) is 1.98. The third-order valence-corrected chi connectivity index (χ3v) is 2.29. The molecule has 0 amide bonds. The zero-order valence-electron chi connectivity index (χ0n) is 4.71. The number of hydrogen-bond donors (Lipinski definition) is 1. The highest BCUT2D eigenvalue weighted by molar-refractivity contribution is 14.1. The van der Waals surface area contributed by atoms with E-state index in [0.717, 1.165) is 13.1 Å². The van der Waals surface area contributed by atoms with E-state index < -0.39 is 0 Å². The van der Waals surface area contributed by atoms with Gasteiger partial charge in [0.1, 0.15) is 0 Å². The van der Waals surface area contributed by atoms with Crippen LogP contribution in [-0.2, 0) is 0 Å². The fraction of sp³-hybridized carbons (Fsp3) is 1.00. The lowest BCUT2D eigenvalue weighted by Gasteiger charge is -2.15. The lowest BCUT2D eigenvalue weighted by Crippen LogP contribution is -2.30. The molecule has 0 radical (unpaired) electrons. The minimum absolute atomic E-state index is 0.365. The van der Waals surface area contributed by atoms with Crippen LogP contribution in [0.1, 0.15) is 0 Å². The van der Waals surface area contributed by atoms with Gasteiger partial charge < -0.3 is 5.11 Å². The minimum atomic E-state index is -0.365. The van der Waals surface area contributed by atoms with Crippen LogP contribution >= 0.6 is 22.9 Å². The molecule has 3 nitrogen and oxygen atoms in total. The van der Waals surface area contributed by atoms with Gasteiger partial charge in [-0.05, 0) is 7.05 Å². The first-order valence-corrected chi connectivity index (χ1v) is 3.49. The molecular formula is C4H9IN2O. The molecule has 0 aromatic rings. The summed E-state index contributed by atoms with van der Waals surface area (Å²) in [5.74, 6) is 0. The second kappa shape index (κ2) is 2.47. The summed E-state index contributed by atoms with van der Waals surface area (Å²) >= 11 is 2.11. The lowest BCUT2D eigenvalue weighted by molar-refractivity contribution is 0.00594. The largest absolute Gasteiger partial charge is 0.364 e. The van der Waals surface area contributed by atoms with Gasteiger partial charge in [0, 0.05) is 36.0 Å². The van der Waals surface area contributed by atoms with E-state index in [1.54, 1.807) is 0 Å². The summed E-state index contributed by atoms with van der Waals surface area (Å²) in [6.07, 6.45) is -0.365. The Balaban J connectivity index is 2.44. The lowest BCUT2D eigenvalue weighted by atomic mass is 10.7. The maximum atomic E-state index is 9.11. The van der Waals surface area contributed by atoms with Crippen LogP contribution in [0.15, 0.2) is 0 Å². The fourth-order valence-corrected chi connectivity index (χ4v) is 1.34. The molecule has 1 rings (SSSR count). The molecule has 0 aromatic heterocycles. The molecule has 1 N–H and O–H groups in total. The van der Waals surface area contributed by atoms with Crippen molar-refractivity contribution in [2.75, 3.05) is 20.1 Å². The molecule has 0 saturated carbocycles. The van der Waals surface area contributed by atoms with Crippen molar-refractivity contribution in [1.29, 1.82) is 0 Å². The van der Waals surface area contributed by atoms with Gasteiger partial charge in [-0.2, -0.15) is 0 Å². The molecule has 1 saturated heterocycles. The Labute approximate surface area is 62.8 Å². The van der Waals surface area contributed by atoms with Gasteiger partial charge in [-0.15, -0.1) is 0 Å². The van der Waals surface area contributed by atoms with E-state index >= 15 is 0 Å². The van der Waals surface area contributed by atoms with Gasteiger partial charge in [0.25, 0.3) is 0 Å². The van der Waals surface area contributed by atoms with Gasteiger partial charge in [0.2, 0.25) is 0 Å². The molecule has 1 aliphatic heterocycles. The second-order valence-electron chi connectivity index (χ2n) is 1.95. The van der Waals surface area contributed by atoms with Crippen LogP contribution in [0.4, 0.5) is 0 Å². The Morgan fingerprint density at radius 3 is 2.38 bits per heavy atom. The van der Waals surface area contributed by atoms with Crippen LogP contribution in [0, 0.1) is 0 Å². The molecule has 0 aromatic carbocycles. The van der Waals surface area contributed by atoms with E-state index in [2.05, 4.69) is 22.9 Å². The quantitative estimate of drug-likeness (QED) is 0.461. The molecule has 0 aliphatic carbocycles. The Kier molecular flexibility index (Phi) is 2.07. The molecule has 48 valence electrons. The van der Waals surface area contributed by atoms with Gasteiger partial charge in [-0.1, -0.05) is 0 Å². The molecule has 0 spiro atoms. The van der Waals surface area contributed by atoms with Gasteiger partial charge in [-0.3, -0.25) is 4.90 Å². The molecule has 8 heavy (non-hydrogen) atoms. The number of nitrogens with zero attached hydrogens (tertiary/aromatic N) is 2. The normalized spacial score (nSPS) is 34.1. The highest BCUT2D eigenvalue weighted by Crippen LogP contribution is 2.13. The number of aliphatic hydroxyl groups excluding tert-OH is 1. The maximum absolute atomic E-state index is 9.11. The third kappa shape index (κ3) is 1.12. The molecule has 1 aliphatic rings. The predicted molar refractivity (Wildman–Crippen MR) is 39.4 cm³/mol. The van der Waals surface area contributed by atoms with Crippen molar-refractivity contribution in [2.45, 2.75) is 6.35 Å². The Hall–Kier alpha value is 0.610. The summed E-state index contributed by atoms with van der Waals surface area (Å²) < 4.78 is 1.87. The van der Waals surface area contributed by atoms with Crippen LogP contribution in [0.2, 0.25) is 0 Å². The van der Waals surface area contributed by atoms with Gasteiger partial charge >= 0.3 is 0 Å². The number of rotatable bonds is 0. The first-order valence-electron chi connectivity index (χ1n) is 2.52. The Morgan fingerprint density at radius 1 is 1.62 bits per heavy atom. The highest BCUT2D eigenvalue weighted by Gasteiger charge is 2.24. The van der Waals surface area contributed by atoms with E-state index in [1.165, 1.54) is 0 Å². The molecule has 1 heterocycles. The van der Waals surface area contributed by atoms with Crippen molar-refractivity contribution >= 4 is 22.9 Å². The van der Waals surface area contributed by atoms with Crippen molar-refractivity contribution < 1.29 is 5.11 Å². The van der Waals surface area contributed by atoms with Gasteiger partial charge in [0.05, 0.1) is 0 Å². The molecule has 1 atom stereocenters. The first-order chi connectivity index (χ1) is 3.72. The highest BCUT2D eigenvalue weighted by atomic mass is 127. The van der Waals surface area contributed by atoms with Crippen molar-refractivity contribution in [3.8, 4) is 0 Å². The summed E-state index contributed by atoms with van der Waals surface area (Å²) in [5.41, 5.74) is 0. The first kappa shape index (κ1) is 6.73. The second-order valence-corrected chi connectivity index (χ2v) is 3.19. The standard InChI is InChI=1S/C4H9IN2O/c1-6-2-3-7(5)4(6)8/h4,8H,2-3H2,1H3. The zero-order valence-corrected chi connectivity index (χ0v) is 6.87. The summed E-state index contributed by atoms with van der Waals surface area (Å²) in [7, 11) is 1.91. The molecule has 1 unspecified atom stereocenters. The number of hydrogen-bond acceptors (Lipinski definition) is 3. The Morgan fingerprint density at radius 2 is 2.25 bits per heavy atom. The van der Waals surface area contributed by atoms with Crippen molar-refractivity contribution in [1.82, 2.24) is 8.01 Å². The van der Waals surface area contributed by atoms with E-state index in [0.29, 0.717) is 0 Å². The minimum Gasteiger partial charge on any atom is -0.364 e. The van der Waals surface area contributed by atoms with Crippen LogP contribution in [0.3, 0.4) is 0 Å². The van der Waals surface area contributed by atoms with Crippen molar-refractivity contribution in [3.05, 3.63) is 0 Å². The van der Waals surface area contributed by atoms with Crippen LogP contribution in [0.5, 0.6) is 0 Å². The smallest absolute Gasteiger partial charge is 0.173 e. The van der Waals surface area contributed by atoms with E-state index in [9.17, 15) is 0 Å². The van der Waals surface area contributed by atoms with Gasteiger partial charge in [0.15, 0.2) is 6.35 Å². The summed E-state index contributed by atoms with van der Waals surface area (Å²) in [4.78, 5) is 1.90. The number of aliphatic hydroxyl groups is 1. The van der Waals surface area contributed by atoms with E-state index in [4.69, 9.17) is 5.11 Å². The van der Waals surface area contributed by atoms with E-state index in [-0.39, 0.29) is 6.35 Å².